The van der Waals surface area contributed by atoms with E-state index in [1.54, 1.807) is 15.0 Å². The summed E-state index contributed by atoms with van der Waals surface area (Å²) in [4.78, 5) is 38.9. The van der Waals surface area contributed by atoms with Gasteiger partial charge in [0.2, 0.25) is 11.7 Å². The van der Waals surface area contributed by atoms with Crippen LogP contribution in [-0.2, 0) is 4.79 Å². The van der Waals surface area contributed by atoms with E-state index in [4.69, 9.17) is 0 Å². The van der Waals surface area contributed by atoms with E-state index in [9.17, 15) is 14.4 Å². The van der Waals surface area contributed by atoms with Crippen molar-refractivity contribution in [2.75, 3.05) is 18.8 Å². The highest BCUT2D eigenvalue weighted by Crippen LogP contribution is 2.25. The van der Waals surface area contributed by atoms with E-state index in [1.165, 1.54) is 16.7 Å². The first-order valence-electron chi connectivity index (χ1n) is 10.1. The van der Waals surface area contributed by atoms with Crippen LogP contribution >= 0.6 is 11.8 Å². The van der Waals surface area contributed by atoms with Crippen molar-refractivity contribution in [1.82, 2.24) is 29.4 Å². The van der Waals surface area contributed by atoms with Gasteiger partial charge in [0.1, 0.15) is 0 Å². The van der Waals surface area contributed by atoms with E-state index < -0.39 is 0 Å². The standard InChI is InChI=1S/C22H20N6O3S/c1-13-7-8-16(14(2)11-13)27-19(30)15-5-3-4-6-17(15)28-20(27)24-25-22(28)32-12-18(29)26-10-9-23-21(26)31/h3-8,11H,9-10,12H2,1-2H3,(H,23,31). The normalized spacial score (nSPS) is 13.8. The van der Waals surface area contributed by atoms with Gasteiger partial charge in [0.05, 0.1) is 22.3 Å². The second kappa shape index (κ2) is 7.79. The number of nitrogens with one attached hydrogen (secondary N) is 1. The number of imide groups is 1. The molecule has 0 bridgehead atoms. The van der Waals surface area contributed by atoms with Crippen molar-refractivity contribution in [2.24, 2.45) is 0 Å². The summed E-state index contributed by atoms with van der Waals surface area (Å²) in [6.45, 7) is 4.76. The smallest absolute Gasteiger partial charge is 0.324 e. The number of thioether (sulfide) groups is 1. The van der Waals surface area contributed by atoms with Crippen molar-refractivity contribution >= 4 is 40.4 Å². The number of amides is 3. The molecule has 1 saturated heterocycles. The molecule has 3 heterocycles. The first kappa shape index (κ1) is 20.3. The van der Waals surface area contributed by atoms with Crippen LogP contribution in [0.25, 0.3) is 22.4 Å². The Morgan fingerprint density at radius 3 is 2.69 bits per heavy atom. The van der Waals surface area contributed by atoms with Crippen LogP contribution in [0.3, 0.4) is 0 Å². The minimum Gasteiger partial charge on any atom is -0.336 e. The topological polar surface area (TPSA) is 102 Å². The van der Waals surface area contributed by atoms with Gasteiger partial charge in [-0.25, -0.2) is 9.36 Å². The molecule has 0 spiro atoms. The largest absolute Gasteiger partial charge is 0.336 e. The second-order valence-corrected chi connectivity index (χ2v) is 8.57. The molecular weight excluding hydrogens is 428 g/mol. The predicted octanol–water partition coefficient (Wildman–Crippen LogP) is 2.29. The lowest BCUT2D eigenvalue weighted by Crippen LogP contribution is -2.35. The summed E-state index contributed by atoms with van der Waals surface area (Å²) >= 11 is 1.19. The van der Waals surface area contributed by atoms with Gasteiger partial charge in [0, 0.05) is 13.1 Å². The molecule has 2 aromatic carbocycles. The summed E-state index contributed by atoms with van der Waals surface area (Å²) in [6, 6.07) is 12.7. The number of fused-ring (bicyclic) bond motifs is 3. The number of hydrogen-bond donors (Lipinski definition) is 1. The Bertz CT molecular complexity index is 1460. The van der Waals surface area contributed by atoms with Gasteiger partial charge in [0.25, 0.3) is 5.56 Å². The Balaban J connectivity index is 1.65. The van der Waals surface area contributed by atoms with Crippen LogP contribution in [0.2, 0.25) is 0 Å². The lowest BCUT2D eigenvalue weighted by atomic mass is 10.1. The monoisotopic (exact) mass is 448 g/mol. The zero-order valence-corrected chi connectivity index (χ0v) is 18.3. The molecule has 1 N–H and O–H groups in total. The minimum absolute atomic E-state index is 0.0330. The molecule has 1 aliphatic rings. The van der Waals surface area contributed by atoms with Crippen LogP contribution in [-0.4, -0.2) is 54.8 Å². The van der Waals surface area contributed by atoms with Crippen LogP contribution in [0.4, 0.5) is 4.79 Å². The van der Waals surface area contributed by atoms with E-state index in [2.05, 4.69) is 15.5 Å². The first-order valence-corrected chi connectivity index (χ1v) is 11.1. The van der Waals surface area contributed by atoms with Gasteiger partial charge in [-0.05, 0) is 37.6 Å². The van der Waals surface area contributed by atoms with E-state index in [0.717, 1.165) is 16.8 Å². The Hall–Kier alpha value is -3.66. The van der Waals surface area contributed by atoms with Crippen molar-refractivity contribution < 1.29 is 9.59 Å². The SMILES string of the molecule is Cc1ccc(-n2c(=O)c3ccccc3n3c(SCC(=O)N4CCNC4=O)nnc23)c(C)c1. The van der Waals surface area contributed by atoms with Gasteiger partial charge >= 0.3 is 6.03 Å². The van der Waals surface area contributed by atoms with Gasteiger partial charge in [-0.15, -0.1) is 10.2 Å². The number of urea groups is 1. The van der Waals surface area contributed by atoms with E-state index in [0.29, 0.717) is 34.9 Å². The van der Waals surface area contributed by atoms with Gasteiger partial charge in [-0.2, -0.15) is 0 Å². The Morgan fingerprint density at radius 2 is 1.94 bits per heavy atom. The maximum Gasteiger partial charge on any atom is 0.324 e. The lowest BCUT2D eigenvalue weighted by Gasteiger charge is -2.14. The number of benzene rings is 2. The van der Waals surface area contributed by atoms with Crippen molar-refractivity contribution in [2.45, 2.75) is 19.0 Å². The first-order chi connectivity index (χ1) is 15.5. The molecule has 0 atom stereocenters. The summed E-state index contributed by atoms with van der Waals surface area (Å²) in [5.41, 5.74) is 3.24. The molecule has 10 heteroatoms. The fraction of sp³-hybridized carbons (Fsp3) is 0.227. The highest BCUT2D eigenvalue weighted by molar-refractivity contribution is 7.99. The molecule has 162 valence electrons. The molecule has 4 aromatic rings. The zero-order chi connectivity index (χ0) is 22.4. The van der Waals surface area contributed by atoms with E-state index in [1.807, 2.05) is 50.2 Å². The second-order valence-electron chi connectivity index (χ2n) is 7.63. The fourth-order valence-corrected chi connectivity index (χ4v) is 4.78. The van der Waals surface area contributed by atoms with E-state index in [-0.39, 0.29) is 23.3 Å². The summed E-state index contributed by atoms with van der Waals surface area (Å²) in [7, 11) is 0. The van der Waals surface area contributed by atoms with Gasteiger partial charge in [-0.3, -0.25) is 18.9 Å². The van der Waals surface area contributed by atoms with Crippen LogP contribution in [0.1, 0.15) is 11.1 Å². The van der Waals surface area contributed by atoms with Gasteiger partial charge in [0.15, 0.2) is 5.16 Å². The quantitative estimate of drug-likeness (QED) is 0.481. The number of para-hydroxylation sites is 1. The van der Waals surface area contributed by atoms with E-state index >= 15 is 0 Å². The third-order valence-corrected chi connectivity index (χ3v) is 6.38. The van der Waals surface area contributed by atoms with Crippen molar-refractivity contribution in [3.63, 3.8) is 0 Å². The Morgan fingerprint density at radius 1 is 1.12 bits per heavy atom. The molecule has 3 amide bonds. The Kier molecular flexibility index (Phi) is 4.93. The molecule has 1 aliphatic heterocycles. The summed E-state index contributed by atoms with van der Waals surface area (Å²) in [5, 5.41) is 12.2. The van der Waals surface area contributed by atoms with Crippen molar-refractivity contribution in [1.29, 1.82) is 0 Å². The van der Waals surface area contributed by atoms with Crippen LogP contribution in [0.15, 0.2) is 52.4 Å². The molecule has 0 radical (unpaired) electrons. The average Bonchev–Trinajstić information content (AvgIpc) is 3.40. The average molecular weight is 449 g/mol. The molecular formula is C22H20N6O3S. The minimum atomic E-state index is -0.379. The van der Waals surface area contributed by atoms with Crippen LogP contribution < -0.4 is 10.9 Å². The third-order valence-electron chi connectivity index (χ3n) is 5.47. The van der Waals surface area contributed by atoms with Gasteiger partial charge < -0.3 is 5.32 Å². The van der Waals surface area contributed by atoms with Crippen molar-refractivity contribution in [3.05, 3.63) is 63.9 Å². The fourth-order valence-electron chi connectivity index (χ4n) is 3.96. The summed E-state index contributed by atoms with van der Waals surface area (Å²) in [6.07, 6.45) is 0. The van der Waals surface area contributed by atoms with Crippen LogP contribution in [0.5, 0.6) is 0 Å². The van der Waals surface area contributed by atoms with Crippen molar-refractivity contribution in [3.8, 4) is 5.69 Å². The highest BCUT2D eigenvalue weighted by atomic mass is 32.2. The molecule has 0 unspecified atom stereocenters. The number of nitrogens with zero attached hydrogens (tertiary/aromatic N) is 5. The van der Waals surface area contributed by atoms with Crippen LogP contribution in [0, 0.1) is 13.8 Å². The maximum atomic E-state index is 13.4. The third kappa shape index (κ3) is 3.23. The molecule has 32 heavy (non-hydrogen) atoms. The highest BCUT2D eigenvalue weighted by Gasteiger charge is 2.27. The van der Waals surface area contributed by atoms with Gasteiger partial charge in [-0.1, -0.05) is 41.6 Å². The molecule has 0 aliphatic carbocycles. The molecule has 0 saturated carbocycles. The predicted molar refractivity (Wildman–Crippen MR) is 121 cm³/mol. The number of carbonyl (C=O) groups is 2. The number of aromatic nitrogens is 4. The Labute approximate surface area is 187 Å². The molecule has 1 fully saturated rings. The summed E-state index contributed by atoms with van der Waals surface area (Å²) < 4.78 is 3.35. The number of aryl methyl sites for hydroxylation is 2. The lowest BCUT2D eigenvalue weighted by molar-refractivity contribution is -0.124. The maximum absolute atomic E-state index is 13.4. The molecule has 9 nitrogen and oxygen atoms in total. The molecule has 2 aromatic heterocycles. The summed E-state index contributed by atoms with van der Waals surface area (Å²) in [5.74, 6) is 0.105. The number of rotatable bonds is 4. The number of hydrogen-bond acceptors (Lipinski definition) is 6. The zero-order valence-electron chi connectivity index (χ0n) is 17.5. The molecule has 5 rings (SSSR count). The number of carbonyl (C=O) groups excluding carboxylic acids is 2.